The Morgan fingerprint density at radius 1 is 0.842 bits per heavy atom. The van der Waals surface area contributed by atoms with Gasteiger partial charge in [-0.15, -0.1) is 0 Å². The van der Waals surface area contributed by atoms with Crippen molar-refractivity contribution in [3.63, 3.8) is 0 Å². The summed E-state index contributed by atoms with van der Waals surface area (Å²) in [5.41, 5.74) is 0.796. The van der Waals surface area contributed by atoms with E-state index < -0.39 is 0 Å². The molecule has 2 aliphatic rings. The number of rotatable bonds is 1. The van der Waals surface area contributed by atoms with E-state index in [1.165, 1.54) is 64.6 Å². The van der Waals surface area contributed by atoms with Crippen LogP contribution in [0.4, 0.5) is 0 Å². The van der Waals surface area contributed by atoms with Crippen molar-refractivity contribution in [2.24, 2.45) is 11.3 Å². The fourth-order valence-corrected chi connectivity index (χ4v) is 3.15. The molecule has 0 amide bonds. The van der Waals surface area contributed by atoms with Gasteiger partial charge in [0.15, 0.2) is 0 Å². The maximum absolute atomic E-state index is 2.61. The summed E-state index contributed by atoms with van der Waals surface area (Å²) in [5, 5.41) is 0. The van der Waals surface area contributed by atoms with Gasteiger partial charge in [0.25, 0.3) is 0 Å². The fourth-order valence-electron chi connectivity index (χ4n) is 3.15. The van der Waals surface area contributed by atoms with Crippen molar-refractivity contribution in [3.05, 3.63) is 0 Å². The predicted molar refractivity (Wildman–Crippen MR) is 88.7 cm³/mol. The van der Waals surface area contributed by atoms with Crippen molar-refractivity contribution in [1.29, 1.82) is 0 Å². The molecular weight excluding hydrogens is 230 g/mol. The molecule has 2 rings (SSSR count). The molecule has 0 radical (unpaired) electrons. The Bertz CT molecular complexity index is 179. The second kappa shape index (κ2) is 10.7. The highest BCUT2D eigenvalue weighted by molar-refractivity contribution is 4.87. The van der Waals surface area contributed by atoms with Crippen molar-refractivity contribution in [2.45, 2.75) is 86.5 Å². The largest absolute Gasteiger partial charge is 0.304 e. The zero-order valence-corrected chi connectivity index (χ0v) is 14.6. The molecule has 0 unspecified atom stereocenters. The minimum atomic E-state index is 0.796. The van der Waals surface area contributed by atoms with Gasteiger partial charge in [0, 0.05) is 0 Å². The summed E-state index contributed by atoms with van der Waals surface area (Å²) in [7, 11) is 0. The zero-order valence-electron chi connectivity index (χ0n) is 14.6. The third-order valence-corrected chi connectivity index (χ3v) is 4.28. The summed E-state index contributed by atoms with van der Waals surface area (Å²) >= 11 is 0. The first-order valence-corrected chi connectivity index (χ1v) is 8.80. The molecule has 0 bridgehead atoms. The van der Waals surface area contributed by atoms with Crippen LogP contribution >= 0.6 is 0 Å². The van der Waals surface area contributed by atoms with Crippen LogP contribution in [-0.2, 0) is 0 Å². The van der Waals surface area contributed by atoms with Crippen LogP contribution in [0.1, 0.15) is 86.5 Å². The molecule has 1 saturated carbocycles. The van der Waals surface area contributed by atoms with E-state index in [1.807, 2.05) is 13.8 Å². The van der Waals surface area contributed by atoms with Crippen molar-refractivity contribution in [2.75, 3.05) is 19.6 Å². The monoisotopic (exact) mass is 269 g/mol. The molecule has 0 aromatic heterocycles. The van der Waals surface area contributed by atoms with Gasteiger partial charge in [0.05, 0.1) is 0 Å². The molecule has 1 spiro atoms. The topological polar surface area (TPSA) is 3.24 Å². The van der Waals surface area contributed by atoms with E-state index in [2.05, 4.69) is 32.6 Å². The van der Waals surface area contributed by atoms with E-state index in [1.54, 1.807) is 0 Å². The van der Waals surface area contributed by atoms with E-state index in [4.69, 9.17) is 0 Å². The summed E-state index contributed by atoms with van der Waals surface area (Å²) in [6, 6.07) is 0. The third-order valence-electron chi connectivity index (χ3n) is 4.28. The summed E-state index contributed by atoms with van der Waals surface area (Å²) in [5.74, 6) is 0.833. The van der Waals surface area contributed by atoms with Crippen LogP contribution in [0, 0.1) is 11.3 Å². The molecular formula is C18H39N. The van der Waals surface area contributed by atoms with Gasteiger partial charge in [0.1, 0.15) is 0 Å². The minimum Gasteiger partial charge on any atom is -0.304 e. The van der Waals surface area contributed by atoms with Crippen molar-refractivity contribution >= 4 is 0 Å². The van der Waals surface area contributed by atoms with Crippen molar-refractivity contribution < 1.29 is 0 Å². The molecule has 0 aromatic rings. The molecule has 2 fully saturated rings. The number of nitrogens with zero attached hydrogens (tertiary/aromatic N) is 1. The fraction of sp³-hybridized carbons (Fsp3) is 1.00. The molecule has 1 heteroatoms. The number of hydrogen-bond donors (Lipinski definition) is 0. The summed E-state index contributed by atoms with van der Waals surface area (Å²) in [4.78, 5) is 2.61. The third kappa shape index (κ3) is 7.97. The highest BCUT2D eigenvalue weighted by Crippen LogP contribution is 2.44. The summed E-state index contributed by atoms with van der Waals surface area (Å²) in [6.45, 7) is 16.8. The molecule has 1 saturated heterocycles. The Balaban J connectivity index is 0.000000467. The highest BCUT2D eigenvalue weighted by atomic mass is 15.1. The number of hydrogen-bond acceptors (Lipinski definition) is 1. The van der Waals surface area contributed by atoms with E-state index in [9.17, 15) is 0 Å². The molecule has 116 valence electrons. The Hall–Kier alpha value is -0.0400. The standard InChI is InChI=1S/C12H23N.C4H10.C2H6/c1-2-13-10-8-12(9-11-13)6-4-3-5-7-12;1-4(2)3;1-2/h2-11H2,1H3;4H,1-3H3;1-2H3. The Labute approximate surface area is 123 Å². The first kappa shape index (κ1) is 19.0. The van der Waals surface area contributed by atoms with E-state index in [-0.39, 0.29) is 0 Å². The van der Waals surface area contributed by atoms with Gasteiger partial charge >= 0.3 is 0 Å². The highest BCUT2D eigenvalue weighted by Gasteiger charge is 2.34. The van der Waals surface area contributed by atoms with Gasteiger partial charge in [-0.25, -0.2) is 0 Å². The molecule has 0 atom stereocenters. The first-order chi connectivity index (χ1) is 9.08. The maximum Gasteiger partial charge on any atom is -0.00135 e. The first-order valence-electron chi connectivity index (χ1n) is 8.80. The van der Waals surface area contributed by atoms with Crippen LogP contribution in [0.2, 0.25) is 0 Å². The molecule has 0 aromatic carbocycles. The normalized spacial score (nSPS) is 22.3. The minimum absolute atomic E-state index is 0.796. The van der Waals surface area contributed by atoms with Gasteiger partial charge < -0.3 is 4.90 Å². The molecule has 1 aliphatic heterocycles. The van der Waals surface area contributed by atoms with Crippen molar-refractivity contribution in [1.82, 2.24) is 4.90 Å². The average Bonchev–Trinajstić information content (AvgIpc) is 2.42. The smallest absolute Gasteiger partial charge is 0.00135 e. The lowest BCUT2D eigenvalue weighted by atomic mass is 9.68. The SMILES string of the molecule is CC.CC(C)C.CCN1CCC2(CCCCC2)CC1. The van der Waals surface area contributed by atoms with Gasteiger partial charge in [-0.3, -0.25) is 0 Å². The second-order valence-electron chi connectivity index (χ2n) is 6.73. The lowest BCUT2D eigenvalue weighted by Gasteiger charge is -2.44. The Kier molecular flexibility index (Phi) is 10.7. The maximum atomic E-state index is 2.61. The van der Waals surface area contributed by atoms with Crippen LogP contribution < -0.4 is 0 Å². The average molecular weight is 270 g/mol. The predicted octanol–water partition coefficient (Wildman–Crippen LogP) is 5.74. The number of likely N-dealkylation sites (tertiary alicyclic amines) is 1. The van der Waals surface area contributed by atoms with Gasteiger partial charge in [-0.2, -0.15) is 0 Å². The lowest BCUT2D eigenvalue weighted by Crippen LogP contribution is -2.40. The lowest BCUT2D eigenvalue weighted by molar-refractivity contribution is 0.0706. The molecule has 0 N–H and O–H groups in total. The van der Waals surface area contributed by atoms with Gasteiger partial charge in [-0.1, -0.05) is 60.8 Å². The summed E-state index contributed by atoms with van der Waals surface area (Å²) < 4.78 is 0. The molecule has 1 aliphatic carbocycles. The van der Waals surface area contributed by atoms with Crippen LogP contribution in [-0.4, -0.2) is 24.5 Å². The molecule has 1 nitrogen and oxygen atoms in total. The van der Waals surface area contributed by atoms with Crippen LogP contribution in [0.5, 0.6) is 0 Å². The molecule has 1 heterocycles. The van der Waals surface area contributed by atoms with E-state index >= 15 is 0 Å². The van der Waals surface area contributed by atoms with E-state index in [0.29, 0.717) is 0 Å². The second-order valence-corrected chi connectivity index (χ2v) is 6.73. The molecule has 19 heavy (non-hydrogen) atoms. The quantitative estimate of drug-likeness (QED) is 0.586. The van der Waals surface area contributed by atoms with E-state index in [0.717, 1.165) is 11.3 Å². The Morgan fingerprint density at radius 2 is 1.26 bits per heavy atom. The van der Waals surface area contributed by atoms with Gasteiger partial charge in [-0.05, 0) is 56.7 Å². The van der Waals surface area contributed by atoms with Gasteiger partial charge in [0.2, 0.25) is 0 Å². The van der Waals surface area contributed by atoms with Crippen LogP contribution in [0.3, 0.4) is 0 Å². The Morgan fingerprint density at radius 3 is 1.63 bits per heavy atom. The number of piperidine rings is 1. The zero-order chi connectivity index (χ0) is 14.7. The summed E-state index contributed by atoms with van der Waals surface area (Å²) in [6.07, 6.45) is 10.5. The van der Waals surface area contributed by atoms with Crippen LogP contribution in [0.15, 0.2) is 0 Å². The van der Waals surface area contributed by atoms with Crippen LogP contribution in [0.25, 0.3) is 0 Å². The van der Waals surface area contributed by atoms with Crippen molar-refractivity contribution in [3.8, 4) is 0 Å².